The van der Waals surface area contributed by atoms with E-state index in [1.165, 1.54) is 6.07 Å². The molecule has 0 saturated carbocycles. The van der Waals surface area contributed by atoms with Crippen molar-refractivity contribution in [1.29, 1.82) is 0 Å². The van der Waals surface area contributed by atoms with Gasteiger partial charge in [0.15, 0.2) is 0 Å². The number of nitrogens with two attached hydrogens (primary N) is 1. The van der Waals surface area contributed by atoms with E-state index < -0.39 is 0 Å². The largest absolute Gasteiger partial charge is 0.351 e. The lowest BCUT2D eigenvalue weighted by atomic mass is 10.1. The zero-order valence-electron chi connectivity index (χ0n) is 11.0. The highest BCUT2D eigenvalue weighted by atomic mass is 16.2. The van der Waals surface area contributed by atoms with Crippen LogP contribution in [0.1, 0.15) is 28.5 Å². The van der Waals surface area contributed by atoms with Gasteiger partial charge in [0.2, 0.25) is 5.56 Å². The predicted molar refractivity (Wildman–Crippen MR) is 77.4 cm³/mol. The molecule has 2 rings (SSSR count). The summed E-state index contributed by atoms with van der Waals surface area (Å²) in [5.74, 6) is -0.303. The molecule has 0 bridgehead atoms. The Morgan fingerprint density at radius 3 is 2.60 bits per heavy atom. The highest BCUT2D eigenvalue weighted by Crippen LogP contribution is 2.12. The van der Waals surface area contributed by atoms with Gasteiger partial charge in [0.1, 0.15) is 5.69 Å². The average molecular weight is 271 g/mol. The molecular weight excluding hydrogens is 254 g/mol. The molecule has 2 aromatic rings. The number of amides is 1. The predicted octanol–water partition coefficient (Wildman–Crippen LogP) is 1.19. The van der Waals surface area contributed by atoms with Crippen molar-refractivity contribution in [3.63, 3.8) is 0 Å². The van der Waals surface area contributed by atoms with Crippen LogP contribution in [-0.4, -0.2) is 17.4 Å². The molecule has 104 valence electrons. The molecule has 0 aliphatic rings. The first-order valence-corrected chi connectivity index (χ1v) is 6.45. The quantitative estimate of drug-likeness (QED) is 0.763. The average Bonchev–Trinajstić information content (AvgIpc) is 2.48. The van der Waals surface area contributed by atoms with E-state index in [9.17, 15) is 9.59 Å². The van der Waals surface area contributed by atoms with E-state index in [1.807, 2.05) is 30.3 Å². The number of carbonyl (C=O) groups is 1. The molecule has 0 spiro atoms. The Bertz CT molecular complexity index is 622. The molecule has 0 fully saturated rings. The first-order chi connectivity index (χ1) is 9.66. The van der Waals surface area contributed by atoms with Gasteiger partial charge in [0.25, 0.3) is 5.91 Å². The Morgan fingerprint density at radius 1 is 1.15 bits per heavy atom. The molecular formula is C15H17N3O2. The molecule has 1 aromatic carbocycles. The number of benzene rings is 1. The third-order valence-corrected chi connectivity index (χ3v) is 2.98. The van der Waals surface area contributed by atoms with Crippen molar-refractivity contribution in [1.82, 2.24) is 10.3 Å². The Hall–Kier alpha value is -2.40. The highest BCUT2D eigenvalue weighted by Gasteiger charge is 2.08. The molecule has 1 atom stereocenters. The van der Waals surface area contributed by atoms with Gasteiger partial charge >= 0.3 is 0 Å². The van der Waals surface area contributed by atoms with Crippen LogP contribution in [0.3, 0.4) is 0 Å². The molecule has 0 radical (unpaired) electrons. The number of pyridine rings is 1. The van der Waals surface area contributed by atoms with Crippen LogP contribution in [0.15, 0.2) is 53.3 Å². The number of aromatic nitrogens is 1. The molecule has 5 nitrogen and oxygen atoms in total. The van der Waals surface area contributed by atoms with Crippen molar-refractivity contribution in [3.8, 4) is 0 Å². The fraction of sp³-hybridized carbons (Fsp3) is 0.200. The highest BCUT2D eigenvalue weighted by molar-refractivity contribution is 5.92. The third-order valence-electron chi connectivity index (χ3n) is 2.98. The summed E-state index contributed by atoms with van der Waals surface area (Å²) in [6.45, 7) is 0.450. The van der Waals surface area contributed by atoms with Crippen LogP contribution in [-0.2, 0) is 0 Å². The molecule has 1 aromatic heterocycles. The standard InChI is InChI=1S/C15H17N3O2/c16-12(11-5-2-1-3-6-11)9-10-17-15(20)13-7-4-8-14(19)18-13/h1-8,12H,9-10,16H2,(H,17,20)(H,18,19). The Morgan fingerprint density at radius 2 is 1.90 bits per heavy atom. The third kappa shape index (κ3) is 3.80. The second kappa shape index (κ2) is 6.68. The monoisotopic (exact) mass is 271 g/mol. The molecule has 4 N–H and O–H groups in total. The number of carbonyl (C=O) groups excluding carboxylic acids is 1. The van der Waals surface area contributed by atoms with Gasteiger partial charge in [-0.3, -0.25) is 9.59 Å². The van der Waals surface area contributed by atoms with Gasteiger partial charge in [0, 0.05) is 18.7 Å². The van der Waals surface area contributed by atoms with Crippen molar-refractivity contribution in [2.45, 2.75) is 12.5 Å². The van der Waals surface area contributed by atoms with Gasteiger partial charge in [0.05, 0.1) is 0 Å². The van der Waals surface area contributed by atoms with Crippen molar-refractivity contribution in [3.05, 3.63) is 70.1 Å². The molecule has 0 aliphatic heterocycles. The summed E-state index contributed by atoms with van der Waals surface area (Å²) in [7, 11) is 0. The van der Waals surface area contributed by atoms with Crippen LogP contribution in [0.25, 0.3) is 0 Å². The van der Waals surface area contributed by atoms with Crippen LogP contribution in [0, 0.1) is 0 Å². The second-order valence-electron chi connectivity index (χ2n) is 4.49. The van der Waals surface area contributed by atoms with Gasteiger partial charge in [-0.25, -0.2) is 0 Å². The molecule has 0 aliphatic carbocycles. The van der Waals surface area contributed by atoms with Gasteiger partial charge in [-0.1, -0.05) is 36.4 Å². The Labute approximate surface area is 116 Å². The minimum atomic E-state index is -0.303. The zero-order chi connectivity index (χ0) is 14.4. The van der Waals surface area contributed by atoms with E-state index in [4.69, 9.17) is 5.73 Å². The summed E-state index contributed by atoms with van der Waals surface area (Å²) in [4.78, 5) is 25.4. The van der Waals surface area contributed by atoms with E-state index in [0.29, 0.717) is 13.0 Å². The van der Waals surface area contributed by atoms with Gasteiger partial charge in [-0.15, -0.1) is 0 Å². The fourth-order valence-electron chi connectivity index (χ4n) is 1.88. The Balaban J connectivity index is 1.84. The van der Waals surface area contributed by atoms with Crippen LogP contribution < -0.4 is 16.6 Å². The minimum Gasteiger partial charge on any atom is -0.351 e. The van der Waals surface area contributed by atoms with E-state index in [-0.39, 0.29) is 23.2 Å². The fourth-order valence-corrected chi connectivity index (χ4v) is 1.88. The molecule has 1 amide bonds. The summed E-state index contributed by atoms with van der Waals surface area (Å²) in [5.41, 5.74) is 7.03. The molecule has 20 heavy (non-hydrogen) atoms. The van der Waals surface area contributed by atoms with E-state index in [2.05, 4.69) is 10.3 Å². The number of aromatic amines is 1. The SMILES string of the molecule is NC(CCNC(=O)c1cccc(=O)[nH]1)c1ccccc1. The first-order valence-electron chi connectivity index (χ1n) is 6.45. The summed E-state index contributed by atoms with van der Waals surface area (Å²) < 4.78 is 0. The number of hydrogen-bond acceptors (Lipinski definition) is 3. The summed E-state index contributed by atoms with van der Waals surface area (Å²) >= 11 is 0. The van der Waals surface area contributed by atoms with E-state index in [1.54, 1.807) is 12.1 Å². The number of H-pyrrole nitrogens is 1. The minimum absolute atomic E-state index is 0.119. The van der Waals surface area contributed by atoms with Crippen molar-refractivity contribution >= 4 is 5.91 Å². The molecule has 5 heteroatoms. The van der Waals surface area contributed by atoms with Gasteiger partial charge in [-0.2, -0.15) is 0 Å². The normalized spacial score (nSPS) is 11.8. The first kappa shape index (κ1) is 14.0. The van der Waals surface area contributed by atoms with Gasteiger partial charge < -0.3 is 16.0 Å². The maximum Gasteiger partial charge on any atom is 0.267 e. The maximum absolute atomic E-state index is 11.8. The molecule has 1 heterocycles. The summed E-state index contributed by atoms with van der Waals surface area (Å²) in [6.07, 6.45) is 0.632. The van der Waals surface area contributed by atoms with Crippen molar-refractivity contribution in [2.75, 3.05) is 6.54 Å². The smallest absolute Gasteiger partial charge is 0.267 e. The lowest BCUT2D eigenvalue weighted by Crippen LogP contribution is -2.29. The van der Waals surface area contributed by atoms with Crippen LogP contribution >= 0.6 is 0 Å². The maximum atomic E-state index is 11.8. The number of rotatable bonds is 5. The lowest BCUT2D eigenvalue weighted by Gasteiger charge is -2.12. The number of nitrogens with one attached hydrogen (secondary N) is 2. The van der Waals surface area contributed by atoms with Crippen LogP contribution in [0.5, 0.6) is 0 Å². The van der Waals surface area contributed by atoms with Crippen LogP contribution in [0.2, 0.25) is 0 Å². The van der Waals surface area contributed by atoms with Gasteiger partial charge in [-0.05, 0) is 18.1 Å². The second-order valence-corrected chi connectivity index (χ2v) is 4.49. The van der Waals surface area contributed by atoms with E-state index in [0.717, 1.165) is 5.56 Å². The lowest BCUT2D eigenvalue weighted by molar-refractivity contribution is 0.0947. The number of hydrogen-bond donors (Lipinski definition) is 3. The Kier molecular flexibility index (Phi) is 4.68. The van der Waals surface area contributed by atoms with Crippen LogP contribution in [0.4, 0.5) is 0 Å². The molecule has 1 unspecified atom stereocenters. The zero-order valence-corrected chi connectivity index (χ0v) is 11.0. The summed E-state index contributed by atoms with van der Waals surface area (Å²) in [5, 5.41) is 2.74. The van der Waals surface area contributed by atoms with Crippen molar-refractivity contribution < 1.29 is 4.79 Å². The summed E-state index contributed by atoms with van der Waals surface area (Å²) in [6, 6.07) is 14.1. The topological polar surface area (TPSA) is 88.0 Å². The molecule has 0 saturated heterocycles. The van der Waals surface area contributed by atoms with E-state index >= 15 is 0 Å². The van der Waals surface area contributed by atoms with Crippen molar-refractivity contribution in [2.24, 2.45) is 5.73 Å².